The number of rotatable bonds is 4. The van der Waals surface area contributed by atoms with E-state index in [0.717, 1.165) is 64.5 Å². The van der Waals surface area contributed by atoms with Crippen LogP contribution in [0.25, 0.3) is 44.7 Å². The first-order valence-corrected chi connectivity index (χ1v) is 16.3. The number of hydrogen-bond acceptors (Lipinski definition) is 4. The van der Waals surface area contributed by atoms with Gasteiger partial charge in [-0.1, -0.05) is 31.9 Å². The van der Waals surface area contributed by atoms with Crippen molar-refractivity contribution in [1.29, 1.82) is 0 Å². The summed E-state index contributed by atoms with van der Waals surface area (Å²) in [5.41, 5.74) is 8.08. The summed E-state index contributed by atoms with van der Waals surface area (Å²) in [6.07, 6.45) is 14.3. The van der Waals surface area contributed by atoms with Gasteiger partial charge in [-0.3, -0.25) is 0 Å². The highest BCUT2D eigenvalue weighted by Crippen LogP contribution is 2.50. The maximum atomic E-state index is 6.57. The Kier molecular flexibility index (Phi) is 5.71. The summed E-state index contributed by atoms with van der Waals surface area (Å²) in [6.45, 7) is 5.65. The van der Waals surface area contributed by atoms with Crippen molar-refractivity contribution in [3.05, 3.63) is 66.5 Å². The minimum Gasteiger partial charge on any atom is -0.470 e. The highest BCUT2D eigenvalue weighted by Gasteiger charge is 2.43. The molecule has 7 nitrogen and oxygen atoms in total. The van der Waals surface area contributed by atoms with Crippen molar-refractivity contribution in [2.75, 3.05) is 6.54 Å². The number of benzene rings is 2. The van der Waals surface area contributed by atoms with Gasteiger partial charge in [0.2, 0.25) is 0 Å². The van der Waals surface area contributed by atoms with E-state index in [-0.39, 0.29) is 11.6 Å². The zero-order valence-corrected chi connectivity index (χ0v) is 25.1. The summed E-state index contributed by atoms with van der Waals surface area (Å²) in [5.74, 6) is 4.79. The second kappa shape index (κ2) is 9.58. The van der Waals surface area contributed by atoms with Gasteiger partial charge < -0.3 is 24.6 Å². The number of aromatic amines is 2. The van der Waals surface area contributed by atoms with Crippen LogP contribution in [0.15, 0.2) is 54.9 Å². The van der Waals surface area contributed by atoms with Crippen molar-refractivity contribution < 1.29 is 4.74 Å². The Labute approximate surface area is 252 Å². The van der Waals surface area contributed by atoms with Crippen molar-refractivity contribution in [1.82, 2.24) is 29.8 Å². The van der Waals surface area contributed by atoms with Crippen LogP contribution in [-0.4, -0.2) is 31.0 Å². The van der Waals surface area contributed by atoms with Gasteiger partial charge in [0, 0.05) is 27.5 Å². The van der Waals surface area contributed by atoms with Crippen LogP contribution in [0.1, 0.15) is 89.1 Å². The molecule has 3 aromatic heterocycles. The first-order chi connectivity index (χ1) is 21.0. The normalized spacial score (nSPS) is 28.0. The summed E-state index contributed by atoms with van der Waals surface area (Å²) in [5, 5.41) is 4.75. The first kappa shape index (κ1) is 25.6. The lowest BCUT2D eigenvalue weighted by molar-refractivity contribution is 0.152. The van der Waals surface area contributed by atoms with E-state index in [4.69, 9.17) is 14.7 Å². The van der Waals surface area contributed by atoms with E-state index < -0.39 is 0 Å². The van der Waals surface area contributed by atoms with E-state index in [1.165, 1.54) is 67.4 Å². The predicted octanol–water partition coefficient (Wildman–Crippen LogP) is 8.28. The van der Waals surface area contributed by atoms with Crippen molar-refractivity contribution >= 4 is 10.9 Å². The summed E-state index contributed by atoms with van der Waals surface area (Å²) in [4.78, 5) is 17.0. The lowest BCUT2D eigenvalue weighted by Crippen LogP contribution is -2.32. The molecule has 4 fully saturated rings. The zero-order chi connectivity index (χ0) is 28.7. The minimum atomic E-state index is -0.106. The molecule has 0 amide bonds. The number of aromatic nitrogens is 5. The van der Waals surface area contributed by atoms with Crippen LogP contribution in [-0.2, 0) is 5.41 Å². The molecule has 2 aliphatic heterocycles. The van der Waals surface area contributed by atoms with E-state index in [1.807, 2.05) is 12.4 Å². The summed E-state index contributed by atoms with van der Waals surface area (Å²) in [7, 11) is 0. The van der Waals surface area contributed by atoms with Gasteiger partial charge in [0.1, 0.15) is 17.4 Å². The highest BCUT2D eigenvalue weighted by molar-refractivity contribution is 5.92. The molecule has 5 aliphatic rings. The second-order valence-corrected chi connectivity index (χ2v) is 13.8. The Balaban J connectivity index is 1.04. The lowest BCUT2D eigenvalue weighted by Gasteiger charge is -2.35. The molecule has 7 heteroatoms. The molecule has 5 aromatic rings. The molecule has 43 heavy (non-hydrogen) atoms. The summed E-state index contributed by atoms with van der Waals surface area (Å²) in [6, 6.07) is 15.9. The van der Waals surface area contributed by atoms with Gasteiger partial charge in [0.05, 0.1) is 41.0 Å². The number of nitrogens with one attached hydrogen (secondary N) is 3. The highest BCUT2D eigenvalue weighted by atomic mass is 16.5. The fourth-order valence-electron chi connectivity index (χ4n) is 8.68. The Bertz CT molecular complexity index is 1830. The number of ether oxygens (including phenoxy) is 1. The summed E-state index contributed by atoms with van der Waals surface area (Å²) < 4.78 is 8.88. The van der Waals surface area contributed by atoms with Gasteiger partial charge in [-0.15, -0.1) is 0 Å². The molecule has 0 spiro atoms. The van der Waals surface area contributed by atoms with Crippen LogP contribution >= 0.6 is 0 Å². The smallest absolute Gasteiger partial charge is 0.173 e. The topological polar surface area (TPSA) is 83.6 Å². The average molecular weight is 573 g/mol. The summed E-state index contributed by atoms with van der Waals surface area (Å²) >= 11 is 0. The van der Waals surface area contributed by atoms with E-state index in [9.17, 15) is 0 Å². The van der Waals surface area contributed by atoms with Crippen LogP contribution < -0.4 is 10.1 Å². The van der Waals surface area contributed by atoms with Crippen molar-refractivity contribution in [3.63, 3.8) is 0 Å². The molecule has 3 aliphatic carbocycles. The van der Waals surface area contributed by atoms with Gasteiger partial charge >= 0.3 is 0 Å². The molecule has 2 aromatic carbocycles. The van der Waals surface area contributed by atoms with Gasteiger partial charge in [-0.25, -0.2) is 9.97 Å². The molecule has 1 saturated heterocycles. The fraction of sp³-hybridized carbons (Fsp3) is 0.444. The SMILES string of the molecule is CC1Oc2cc(-c3cnc(C4(C)CCC5CCC4CC5)[nH]3)ccc2-c2cc3cc(-c4cnc([C@@H]5CCCN5)[nH]4)ccc3n21. The van der Waals surface area contributed by atoms with E-state index in [1.54, 1.807) is 0 Å². The van der Waals surface area contributed by atoms with Crippen molar-refractivity contribution in [3.8, 4) is 39.5 Å². The maximum Gasteiger partial charge on any atom is 0.173 e. The Morgan fingerprint density at radius 2 is 1.70 bits per heavy atom. The third kappa shape index (κ3) is 4.04. The first-order valence-electron chi connectivity index (χ1n) is 16.3. The van der Waals surface area contributed by atoms with Crippen LogP contribution in [0.3, 0.4) is 0 Å². The molecule has 3 saturated carbocycles. The van der Waals surface area contributed by atoms with Crippen LogP contribution in [0.5, 0.6) is 5.75 Å². The molecule has 2 bridgehead atoms. The molecule has 5 heterocycles. The number of imidazole rings is 2. The molecule has 3 N–H and O–H groups in total. The quantitative estimate of drug-likeness (QED) is 0.202. The number of hydrogen-bond donors (Lipinski definition) is 3. The third-order valence-electron chi connectivity index (χ3n) is 11.3. The minimum absolute atomic E-state index is 0.106. The van der Waals surface area contributed by atoms with Crippen LogP contribution in [0, 0.1) is 11.8 Å². The van der Waals surface area contributed by atoms with Gasteiger partial charge in [-0.05, 0) is 94.2 Å². The molecule has 3 atom stereocenters. The molecule has 10 rings (SSSR count). The Hall–Kier alpha value is -3.84. The van der Waals surface area contributed by atoms with Gasteiger partial charge in [0.25, 0.3) is 0 Å². The number of H-pyrrole nitrogens is 2. The van der Waals surface area contributed by atoms with Crippen molar-refractivity contribution in [2.24, 2.45) is 11.8 Å². The van der Waals surface area contributed by atoms with Gasteiger partial charge in [-0.2, -0.15) is 0 Å². The predicted molar refractivity (Wildman–Crippen MR) is 170 cm³/mol. The lowest BCUT2D eigenvalue weighted by atomic mass is 9.70. The standard InChI is InChI=1S/C36H40N6O/c1-21-42-31-12-8-23(29-19-38-34(40-29)28-4-3-15-37-28)16-25(31)17-32(42)27-11-7-24(18-33(27)43-21)30-20-39-35(41-30)36(2)14-13-22-5-9-26(36)10-6-22/h7-8,11-12,16-22,26,28,37H,3-6,9-10,13-15H2,1-2H3,(H,38,40)(H,39,41)/t21?,22?,26?,28-,36?/m0/s1. The Morgan fingerprint density at radius 1 is 0.884 bits per heavy atom. The maximum absolute atomic E-state index is 6.57. The van der Waals surface area contributed by atoms with E-state index in [0.29, 0.717) is 6.04 Å². The molecular weight excluding hydrogens is 532 g/mol. The largest absolute Gasteiger partial charge is 0.470 e. The molecule has 2 unspecified atom stereocenters. The monoisotopic (exact) mass is 572 g/mol. The molecular formula is C36H40N6O. The number of fused-ring (bicyclic) bond motifs is 9. The third-order valence-corrected chi connectivity index (χ3v) is 11.3. The van der Waals surface area contributed by atoms with E-state index in [2.05, 4.69) is 76.2 Å². The molecule has 220 valence electrons. The average Bonchev–Trinajstić information content (AvgIpc) is 3.84. The zero-order valence-electron chi connectivity index (χ0n) is 25.1. The van der Waals surface area contributed by atoms with Crippen molar-refractivity contribution in [2.45, 2.75) is 82.9 Å². The van der Waals surface area contributed by atoms with Crippen LogP contribution in [0.2, 0.25) is 0 Å². The van der Waals surface area contributed by atoms with Crippen LogP contribution in [0.4, 0.5) is 0 Å². The van der Waals surface area contributed by atoms with E-state index >= 15 is 0 Å². The number of nitrogens with zero attached hydrogens (tertiary/aromatic N) is 3. The van der Waals surface area contributed by atoms with Gasteiger partial charge in [0.15, 0.2) is 6.23 Å². The Morgan fingerprint density at radius 3 is 2.56 bits per heavy atom. The molecule has 0 radical (unpaired) electrons. The fourth-order valence-corrected chi connectivity index (χ4v) is 8.68. The second-order valence-electron chi connectivity index (χ2n) is 13.8.